The quantitative estimate of drug-likeness (QED) is 0.632. The van der Waals surface area contributed by atoms with Gasteiger partial charge in [0.15, 0.2) is 0 Å². The van der Waals surface area contributed by atoms with Crippen molar-refractivity contribution in [1.82, 2.24) is 29.1 Å². The van der Waals surface area contributed by atoms with Crippen LogP contribution in [0, 0.1) is 6.92 Å². The molecule has 4 heterocycles. The van der Waals surface area contributed by atoms with E-state index >= 15 is 0 Å². The topological polar surface area (TPSA) is 64.1 Å². The Morgan fingerprint density at radius 3 is 3.05 bits per heavy atom. The highest BCUT2D eigenvalue weighted by Gasteiger charge is 2.23. The lowest BCUT2D eigenvalue weighted by atomic mass is 10.3. The first-order valence-electron chi connectivity index (χ1n) is 6.35. The van der Waals surface area contributed by atoms with Gasteiger partial charge in [-0.05, 0) is 6.92 Å². The number of hydrogen-bond donors (Lipinski definition) is 0. The highest BCUT2D eigenvalue weighted by atomic mass is 35.5. The van der Waals surface area contributed by atoms with Crippen LogP contribution in [-0.2, 0) is 13.1 Å². The Morgan fingerprint density at radius 1 is 1.25 bits per heavy atom. The van der Waals surface area contributed by atoms with E-state index in [0.29, 0.717) is 10.9 Å². The molecule has 1 aliphatic rings. The van der Waals surface area contributed by atoms with Crippen LogP contribution in [0.25, 0.3) is 5.78 Å². The number of nitrogens with zero attached hydrogens (tertiary/aromatic N) is 7. The Bertz CT molecular complexity index is 790. The number of anilines is 1. The molecule has 0 fully saturated rings. The molecular formula is C12H12ClN7. The molecule has 4 rings (SSSR count). The third-order valence-corrected chi connectivity index (χ3v) is 3.99. The number of halogens is 1. The molecule has 7 nitrogen and oxygen atoms in total. The van der Waals surface area contributed by atoms with Crippen LogP contribution >= 0.6 is 11.6 Å². The summed E-state index contributed by atoms with van der Waals surface area (Å²) >= 11 is 6.21. The Balaban J connectivity index is 1.86. The van der Waals surface area contributed by atoms with Gasteiger partial charge in [0.25, 0.3) is 5.78 Å². The van der Waals surface area contributed by atoms with Crippen molar-refractivity contribution in [2.75, 3.05) is 11.4 Å². The van der Waals surface area contributed by atoms with E-state index in [1.165, 1.54) is 6.33 Å². The standard InChI is InChI=1S/C12H12ClN7/c1-8-10(13)17-12-15-7-16-20(12)11(8)19-5-4-18-3-2-14-9(18)6-19/h2-3,7H,4-6H2,1H3. The van der Waals surface area contributed by atoms with Gasteiger partial charge in [-0.1, -0.05) is 11.6 Å². The summed E-state index contributed by atoms with van der Waals surface area (Å²) in [6, 6.07) is 0. The van der Waals surface area contributed by atoms with Crippen molar-refractivity contribution in [3.63, 3.8) is 0 Å². The van der Waals surface area contributed by atoms with Crippen LogP contribution in [-0.4, -0.2) is 35.7 Å². The van der Waals surface area contributed by atoms with Crippen LogP contribution in [0.1, 0.15) is 11.4 Å². The third kappa shape index (κ3) is 1.59. The maximum Gasteiger partial charge on any atom is 0.255 e. The molecule has 0 saturated heterocycles. The van der Waals surface area contributed by atoms with Crippen molar-refractivity contribution < 1.29 is 0 Å². The van der Waals surface area contributed by atoms with Gasteiger partial charge in [-0.3, -0.25) is 0 Å². The first-order valence-corrected chi connectivity index (χ1v) is 6.72. The Hall–Kier alpha value is -2.15. The number of imidazole rings is 1. The summed E-state index contributed by atoms with van der Waals surface area (Å²) in [5.41, 5.74) is 0.907. The Labute approximate surface area is 119 Å². The lowest BCUT2D eigenvalue weighted by Gasteiger charge is -2.30. The molecule has 8 heteroatoms. The van der Waals surface area contributed by atoms with Gasteiger partial charge in [-0.15, -0.1) is 0 Å². The van der Waals surface area contributed by atoms with Gasteiger partial charge in [-0.25, -0.2) is 4.98 Å². The molecule has 0 spiro atoms. The first-order chi connectivity index (χ1) is 9.74. The van der Waals surface area contributed by atoms with Crippen molar-refractivity contribution >= 4 is 23.2 Å². The fourth-order valence-corrected chi connectivity index (χ4v) is 2.77. The molecule has 0 aliphatic carbocycles. The second kappa shape index (κ2) is 4.17. The number of rotatable bonds is 1. The molecule has 0 bridgehead atoms. The van der Waals surface area contributed by atoms with E-state index < -0.39 is 0 Å². The zero-order valence-electron chi connectivity index (χ0n) is 10.9. The fourth-order valence-electron chi connectivity index (χ4n) is 2.61. The smallest absolute Gasteiger partial charge is 0.255 e. The molecule has 102 valence electrons. The molecule has 20 heavy (non-hydrogen) atoms. The van der Waals surface area contributed by atoms with Crippen LogP contribution in [0.4, 0.5) is 5.82 Å². The normalized spacial score (nSPS) is 14.8. The Kier molecular flexibility index (Phi) is 2.43. The van der Waals surface area contributed by atoms with Crippen LogP contribution in [0.2, 0.25) is 5.15 Å². The Morgan fingerprint density at radius 2 is 2.15 bits per heavy atom. The van der Waals surface area contributed by atoms with Gasteiger partial charge < -0.3 is 9.47 Å². The molecule has 0 amide bonds. The second-order valence-electron chi connectivity index (χ2n) is 4.78. The lowest BCUT2D eigenvalue weighted by Crippen LogP contribution is -2.35. The molecule has 0 saturated carbocycles. The molecule has 0 aromatic carbocycles. The average Bonchev–Trinajstić information content (AvgIpc) is 3.07. The highest BCUT2D eigenvalue weighted by molar-refractivity contribution is 6.30. The molecule has 3 aromatic heterocycles. The van der Waals surface area contributed by atoms with Crippen LogP contribution in [0.3, 0.4) is 0 Å². The molecule has 0 radical (unpaired) electrons. The maximum absolute atomic E-state index is 6.21. The number of fused-ring (bicyclic) bond motifs is 2. The molecule has 3 aromatic rings. The van der Waals surface area contributed by atoms with Gasteiger partial charge >= 0.3 is 0 Å². The SMILES string of the molecule is Cc1c(Cl)nc2ncnn2c1N1CCn2ccnc2C1. The highest BCUT2D eigenvalue weighted by Crippen LogP contribution is 2.28. The molecular weight excluding hydrogens is 278 g/mol. The summed E-state index contributed by atoms with van der Waals surface area (Å²) in [7, 11) is 0. The van der Waals surface area contributed by atoms with Crippen molar-refractivity contribution in [2.45, 2.75) is 20.0 Å². The zero-order valence-corrected chi connectivity index (χ0v) is 11.6. The summed E-state index contributed by atoms with van der Waals surface area (Å²) in [5.74, 6) is 2.49. The zero-order chi connectivity index (χ0) is 13.7. The monoisotopic (exact) mass is 289 g/mol. The third-order valence-electron chi connectivity index (χ3n) is 3.62. The van der Waals surface area contributed by atoms with Gasteiger partial charge in [0.1, 0.15) is 23.1 Å². The van der Waals surface area contributed by atoms with Crippen molar-refractivity contribution in [1.29, 1.82) is 0 Å². The van der Waals surface area contributed by atoms with Crippen molar-refractivity contribution in [3.8, 4) is 0 Å². The van der Waals surface area contributed by atoms with E-state index in [0.717, 1.165) is 36.8 Å². The van der Waals surface area contributed by atoms with Gasteiger partial charge in [0, 0.05) is 31.0 Å². The lowest BCUT2D eigenvalue weighted by molar-refractivity contribution is 0.550. The average molecular weight is 290 g/mol. The van der Waals surface area contributed by atoms with Crippen molar-refractivity contribution in [3.05, 3.63) is 35.3 Å². The van der Waals surface area contributed by atoms with Gasteiger partial charge in [-0.2, -0.15) is 19.6 Å². The van der Waals surface area contributed by atoms with E-state index in [1.807, 2.05) is 19.3 Å². The number of aromatic nitrogens is 6. The first kappa shape index (κ1) is 11.7. The van der Waals surface area contributed by atoms with Gasteiger partial charge in [0.05, 0.1) is 6.54 Å². The maximum atomic E-state index is 6.21. The van der Waals surface area contributed by atoms with E-state index in [1.54, 1.807) is 4.52 Å². The predicted molar refractivity (Wildman–Crippen MR) is 73.8 cm³/mol. The summed E-state index contributed by atoms with van der Waals surface area (Å²) < 4.78 is 3.90. The van der Waals surface area contributed by atoms with Crippen LogP contribution in [0.5, 0.6) is 0 Å². The van der Waals surface area contributed by atoms with Crippen molar-refractivity contribution in [2.24, 2.45) is 0 Å². The largest absolute Gasteiger partial charge is 0.347 e. The summed E-state index contributed by atoms with van der Waals surface area (Å²) in [6.07, 6.45) is 5.33. The fraction of sp³-hybridized carbons (Fsp3) is 0.333. The van der Waals surface area contributed by atoms with Crippen LogP contribution < -0.4 is 4.90 Å². The summed E-state index contributed by atoms with van der Waals surface area (Å²) in [6.45, 7) is 4.44. The molecule has 1 aliphatic heterocycles. The number of hydrogen-bond acceptors (Lipinski definition) is 5. The summed E-state index contributed by atoms with van der Waals surface area (Å²) in [4.78, 5) is 14.9. The minimum Gasteiger partial charge on any atom is -0.347 e. The predicted octanol–water partition coefficient (Wildman–Crippen LogP) is 1.30. The van der Waals surface area contributed by atoms with E-state index in [-0.39, 0.29) is 0 Å². The minimum atomic E-state index is 0.467. The minimum absolute atomic E-state index is 0.467. The van der Waals surface area contributed by atoms with Crippen LogP contribution in [0.15, 0.2) is 18.7 Å². The second-order valence-corrected chi connectivity index (χ2v) is 5.14. The molecule has 0 unspecified atom stereocenters. The molecule has 0 N–H and O–H groups in total. The molecule has 0 atom stereocenters. The van der Waals surface area contributed by atoms with E-state index in [4.69, 9.17) is 11.6 Å². The van der Waals surface area contributed by atoms with E-state index in [2.05, 4.69) is 29.5 Å². The van der Waals surface area contributed by atoms with Gasteiger partial charge in [0.2, 0.25) is 0 Å². The van der Waals surface area contributed by atoms with E-state index in [9.17, 15) is 0 Å². The summed E-state index contributed by atoms with van der Waals surface area (Å²) in [5, 5.41) is 4.72.